The Hall–Kier alpha value is -0.860. The second kappa shape index (κ2) is 5.26. The van der Waals surface area contributed by atoms with Gasteiger partial charge in [-0.15, -0.1) is 0 Å². The van der Waals surface area contributed by atoms with E-state index in [-0.39, 0.29) is 17.1 Å². The van der Waals surface area contributed by atoms with Gasteiger partial charge in [0, 0.05) is 13.2 Å². The van der Waals surface area contributed by atoms with Crippen molar-refractivity contribution in [2.75, 3.05) is 7.11 Å². The summed E-state index contributed by atoms with van der Waals surface area (Å²) in [5.41, 5.74) is 9.16. The lowest BCUT2D eigenvalue weighted by Crippen LogP contribution is -2.41. The molecule has 1 aliphatic carbocycles. The first-order valence-corrected chi connectivity index (χ1v) is 7.27. The fourth-order valence-corrected chi connectivity index (χ4v) is 2.81. The zero-order valence-electron chi connectivity index (χ0n) is 12.7. The number of hydrogen-bond acceptors (Lipinski definition) is 2. The number of methoxy groups -OCH3 is 1. The molecule has 1 unspecified atom stereocenters. The molecule has 2 N–H and O–H groups in total. The van der Waals surface area contributed by atoms with Gasteiger partial charge in [0.2, 0.25) is 0 Å². The topological polar surface area (TPSA) is 35.2 Å². The fourth-order valence-electron chi connectivity index (χ4n) is 2.81. The highest BCUT2D eigenvalue weighted by atomic mass is 16.5. The van der Waals surface area contributed by atoms with Crippen molar-refractivity contribution < 1.29 is 4.74 Å². The van der Waals surface area contributed by atoms with Crippen LogP contribution in [0.1, 0.15) is 63.6 Å². The first kappa shape index (κ1) is 14.5. The van der Waals surface area contributed by atoms with Gasteiger partial charge in [-0.25, -0.2) is 0 Å². The first-order valence-electron chi connectivity index (χ1n) is 7.27. The van der Waals surface area contributed by atoms with Crippen LogP contribution in [0.5, 0.6) is 0 Å². The molecule has 2 rings (SSSR count). The van der Waals surface area contributed by atoms with Crippen LogP contribution in [0.2, 0.25) is 0 Å². The van der Waals surface area contributed by atoms with Gasteiger partial charge in [-0.2, -0.15) is 0 Å². The molecule has 1 fully saturated rings. The van der Waals surface area contributed by atoms with E-state index in [1.165, 1.54) is 17.5 Å². The molecule has 1 saturated carbocycles. The number of rotatable bonds is 4. The maximum atomic E-state index is 6.35. The van der Waals surface area contributed by atoms with Gasteiger partial charge < -0.3 is 10.5 Å². The lowest BCUT2D eigenvalue weighted by Gasteiger charge is -2.42. The van der Waals surface area contributed by atoms with E-state index in [0.717, 1.165) is 19.3 Å². The Kier molecular flexibility index (Phi) is 4.03. The number of benzene rings is 1. The average molecular weight is 261 g/mol. The van der Waals surface area contributed by atoms with E-state index in [9.17, 15) is 0 Å². The van der Waals surface area contributed by atoms with Crippen molar-refractivity contribution in [3.05, 3.63) is 35.4 Å². The zero-order valence-corrected chi connectivity index (χ0v) is 12.7. The quantitative estimate of drug-likeness (QED) is 0.891. The second-order valence-electron chi connectivity index (χ2n) is 6.92. The van der Waals surface area contributed by atoms with Gasteiger partial charge in [-0.1, -0.05) is 45.0 Å². The maximum absolute atomic E-state index is 6.35. The number of nitrogens with two attached hydrogens (primary N) is 1. The van der Waals surface area contributed by atoms with E-state index >= 15 is 0 Å². The Balaban J connectivity index is 2.05. The van der Waals surface area contributed by atoms with Crippen LogP contribution in [-0.4, -0.2) is 12.7 Å². The molecular weight excluding hydrogens is 234 g/mol. The predicted octanol–water partition coefficient (Wildman–Crippen LogP) is 3.94. The van der Waals surface area contributed by atoms with Crippen molar-refractivity contribution in [3.63, 3.8) is 0 Å². The summed E-state index contributed by atoms with van der Waals surface area (Å²) in [6.45, 7) is 6.70. The Labute approximate surface area is 117 Å². The monoisotopic (exact) mass is 261 g/mol. The van der Waals surface area contributed by atoms with E-state index in [2.05, 4.69) is 45.0 Å². The third-order valence-electron chi connectivity index (χ3n) is 4.49. The summed E-state index contributed by atoms with van der Waals surface area (Å²) < 4.78 is 5.66. The highest BCUT2D eigenvalue weighted by Gasteiger charge is 2.38. The van der Waals surface area contributed by atoms with Crippen LogP contribution < -0.4 is 5.73 Å². The van der Waals surface area contributed by atoms with Crippen molar-refractivity contribution in [1.29, 1.82) is 0 Å². The summed E-state index contributed by atoms with van der Waals surface area (Å²) >= 11 is 0. The summed E-state index contributed by atoms with van der Waals surface area (Å²) in [5, 5.41) is 0. The van der Waals surface area contributed by atoms with Crippen molar-refractivity contribution in [3.8, 4) is 0 Å². The van der Waals surface area contributed by atoms with Crippen molar-refractivity contribution in [2.24, 2.45) is 5.73 Å². The molecule has 0 saturated heterocycles. The largest absolute Gasteiger partial charge is 0.378 e. The second-order valence-corrected chi connectivity index (χ2v) is 6.92. The van der Waals surface area contributed by atoms with Gasteiger partial charge in [0.1, 0.15) is 0 Å². The van der Waals surface area contributed by atoms with Crippen LogP contribution in [-0.2, 0) is 10.2 Å². The van der Waals surface area contributed by atoms with Crippen molar-refractivity contribution in [2.45, 2.75) is 63.5 Å². The molecule has 1 aromatic rings. The molecule has 1 atom stereocenters. The minimum Gasteiger partial charge on any atom is -0.378 e. The van der Waals surface area contributed by atoms with Gasteiger partial charge in [-0.3, -0.25) is 0 Å². The summed E-state index contributed by atoms with van der Waals surface area (Å²) in [6, 6.07) is 8.83. The zero-order chi connectivity index (χ0) is 14.1. The van der Waals surface area contributed by atoms with Crippen LogP contribution in [0.4, 0.5) is 0 Å². The molecule has 0 spiro atoms. The molecule has 1 aromatic carbocycles. The summed E-state index contributed by atoms with van der Waals surface area (Å²) in [5.74, 6) is 0. The van der Waals surface area contributed by atoms with E-state index in [1.807, 2.05) is 7.11 Å². The predicted molar refractivity (Wildman–Crippen MR) is 80.3 cm³/mol. The highest BCUT2D eigenvalue weighted by molar-refractivity contribution is 5.29. The first-order chi connectivity index (χ1) is 8.86. The molecule has 0 amide bonds. The average Bonchev–Trinajstić information content (AvgIpc) is 2.32. The normalized spacial score (nSPS) is 19.8. The smallest absolute Gasteiger partial charge is 0.0696 e. The van der Waals surface area contributed by atoms with Crippen LogP contribution in [0.25, 0.3) is 0 Å². The third-order valence-corrected chi connectivity index (χ3v) is 4.49. The van der Waals surface area contributed by atoms with E-state index in [4.69, 9.17) is 10.5 Å². The molecule has 0 aromatic heterocycles. The minimum atomic E-state index is 0.0438. The fraction of sp³-hybridized carbons (Fsp3) is 0.647. The summed E-state index contributed by atoms with van der Waals surface area (Å²) in [4.78, 5) is 0. The lowest BCUT2D eigenvalue weighted by atomic mass is 9.74. The minimum absolute atomic E-state index is 0.0438. The van der Waals surface area contributed by atoms with Gasteiger partial charge >= 0.3 is 0 Å². The molecule has 0 aliphatic heterocycles. The maximum Gasteiger partial charge on any atom is 0.0696 e. The molecular formula is C17H27NO. The SMILES string of the molecule is COC1(CC(N)c2ccc(C(C)(C)C)cc2)CCC1. The molecule has 0 heterocycles. The van der Waals surface area contributed by atoms with Crippen molar-refractivity contribution >= 4 is 0 Å². The molecule has 106 valence electrons. The Bertz CT molecular complexity index is 406. The highest BCUT2D eigenvalue weighted by Crippen LogP contribution is 2.41. The Morgan fingerprint density at radius 1 is 1.21 bits per heavy atom. The molecule has 2 nitrogen and oxygen atoms in total. The van der Waals surface area contributed by atoms with Crippen LogP contribution in [0.3, 0.4) is 0 Å². The van der Waals surface area contributed by atoms with Gasteiger partial charge in [0.15, 0.2) is 0 Å². The molecule has 0 radical (unpaired) electrons. The van der Waals surface area contributed by atoms with Crippen LogP contribution in [0.15, 0.2) is 24.3 Å². The Morgan fingerprint density at radius 2 is 1.79 bits per heavy atom. The van der Waals surface area contributed by atoms with Gasteiger partial charge in [0.25, 0.3) is 0 Å². The summed E-state index contributed by atoms with van der Waals surface area (Å²) in [7, 11) is 1.81. The number of hydrogen-bond donors (Lipinski definition) is 1. The standard InChI is InChI=1S/C17H27NO/c1-16(2,3)14-8-6-13(7-9-14)15(18)12-17(19-4)10-5-11-17/h6-9,15H,5,10-12,18H2,1-4H3. The van der Waals surface area contributed by atoms with E-state index in [1.54, 1.807) is 0 Å². The molecule has 2 heteroatoms. The van der Waals surface area contributed by atoms with Crippen molar-refractivity contribution in [1.82, 2.24) is 0 Å². The lowest BCUT2D eigenvalue weighted by molar-refractivity contribution is -0.0816. The third kappa shape index (κ3) is 3.18. The van der Waals surface area contributed by atoms with Gasteiger partial charge in [-0.05, 0) is 42.2 Å². The Morgan fingerprint density at radius 3 is 2.16 bits per heavy atom. The van der Waals surface area contributed by atoms with Crippen LogP contribution in [0, 0.1) is 0 Å². The summed E-state index contributed by atoms with van der Waals surface area (Å²) in [6.07, 6.45) is 4.50. The number of ether oxygens (including phenoxy) is 1. The van der Waals surface area contributed by atoms with E-state index < -0.39 is 0 Å². The van der Waals surface area contributed by atoms with Gasteiger partial charge in [0.05, 0.1) is 5.60 Å². The molecule has 19 heavy (non-hydrogen) atoms. The molecule has 0 bridgehead atoms. The van der Waals surface area contributed by atoms with E-state index in [0.29, 0.717) is 0 Å². The molecule has 1 aliphatic rings. The van der Waals surface area contributed by atoms with Crippen LogP contribution >= 0.6 is 0 Å².